The number of hydrogen-bond acceptors (Lipinski definition) is 3. The molecule has 1 N–H and O–H groups in total. The molecule has 2 aromatic rings. The molecule has 2 rings (SSSR count). The number of hydroxylamine groups is 1. The molecular weight excluding hydrogens is 290 g/mol. The zero-order valence-electron chi connectivity index (χ0n) is 11.9. The first-order chi connectivity index (χ1) is 10.1. The molecule has 0 saturated carbocycles. The summed E-state index contributed by atoms with van der Waals surface area (Å²) in [6.07, 6.45) is 1.57. The summed E-state index contributed by atoms with van der Waals surface area (Å²) in [4.78, 5) is 0. The minimum atomic E-state index is 0.427. The minimum Gasteiger partial charge on any atom is -0.493 e. The fraction of sp³-hybridized carbons (Fsp3) is 0.188. The Morgan fingerprint density at radius 1 is 1.14 bits per heavy atom. The van der Waals surface area contributed by atoms with Crippen molar-refractivity contribution in [2.75, 3.05) is 14.2 Å². The van der Waals surface area contributed by atoms with Crippen molar-refractivity contribution in [1.82, 2.24) is 0 Å². The monoisotopic (exact) mass is 306 g/mol. The van der Waals surface area contributed by atoms with Gasteiger partial charge in [-0.25, -0.2) is 0 Å². The predicted octanol–water partition coefficient (Wildman–Crippen LogP) is 3.38. The van der Waals surface area contributed by atoms with Crippen molar-refractivity contribution >= 4 is 17.8 Å². The number of halogens is 1. The lowest BCUT2D eigenvalue weighted by Crippen LogP contribution is -2.02. The van der Waals surface area contributed by atoms with Crippen LogP contribution in [0.1, 0.15) is 11.1 Å². The van der Waals surface area contributed by atoms with Crippen molar-refractivity contribution < 1.29 is 19.4 Å². The molecule has 0 fully saturated rings. The first-order valence-corrected chi connectivity index (χ1v) is 6.78. The van der Waals surface area contributed by atoms with Gasteiger partial charge in [0.15, 0.2) is 18.5 Å². The Balaban J connectivity index is 2.12. The molecule has 0 bridgehead atoms. The number of methoxy groups -OCH3 is 1. The van der Waals surface area contributed by atoms with E-state index in [1.165, 1.54) is 7.05 Å². The number of nitrogens with zero attached hydrogens (tertiary/aromatic N) is 1. The molecule has 0 saturated heterocycles. The van der Waals surface area contributed by atoms with E-state index in [9.17, 15) is 5.21 Å². The Bertz CT molecular complexity index is 634. The highest BCUT2D eigenvalue weighted by atomic mass is 35.5. The van der Waals surface area contributed by atoms with Gasteiger partial charge in [-0.05, 0) is 40.6 Å². The van der Waals surface area contributed by atoms with E-state index in [1.54, 1.807) is 19.4 Å². The summed E-state index contributed by atoms with van der Waals surface area (Å²) in [7, 11) is 3.12. The van der Waals surface area contributed by atoms with Gasteiger partial charge in [-0.3, -0.25) is 5.21 Å². The SMILES string of the molecule is COc1cc(C=[N+](C)O)ccc1OCc1ccc(Cl)cc1. The lowest BCUT2D eigenvalue weighted by atomic mass is 10.2. The van der Waals surface area contributed by atoms with Gasteiger partial charge in [-0.2, -0.15) is 0 Å². The molecule has 0 spiro atoms. The van der Waals surface area contributed by atoms with Gasteiger partial charge >= 0.3 is 0 Å². The Hall–Kier alpha value is -2.20. The third-order valence-corrected chi connectivity index (χ3v) is 3.08. The van der Waals surface area contributed by atoms with Crippen LogP contribution in [0.15, 0.2) is 42.5 Å². The van der Waals surface area contributed by atoms with Crippen LogP contribution in [0.2, 0.25) is 5.02 Å². The van der Waals surface area contributed by atoms with Crippen LogP contribution in [0.4, 0.5) is 0 Å². The molecule has 0 aliphatic carbocycles. The summed E-state index contributed by atoms with van der Waals surface area (Å²) < 4.78 is 12.1. The summed E-state index contributed by atoms with van der Waals surface area (Å²) in [5.41, 5.74) is 1.84. The minimum absolute atomic E-state index is 0.427. The van der Waals surface area contributed by atoms with E-state index in [0.717, 1.165) is 15.9 Å². The van der Waals surface area contributed by atoms with Gasteiger partial charge in [-0.15, -0.1) is 0 Å². The fourth-order valence-electron chi connectivity index (χ4n) is 1.84. The molecule has 0 aliphatic rings. The van der Waals surface area contributed by atoms with Gasteiger partial charge in [-0.1, -0.05) is 23.7 Å². The summed E-state index contributed by atoms with van der Waals surface area (Å²) >= 11 is 5.85. The van der Waals surface area contributed by atoms with Gasteiger partial charge in [0, 0.05) is 10.6 Å². The predicted molar refractivity (Wildman–Crippen MR) is 81.9 cm³/mol. The van der Waals surface area contributed by atoms with Crippen LogP contribution in [0.3, 0.4) is 0 Å². The highest BCUT2D eigenvalue weighted by Crippen LogP contribution is 2.28. The number of rotatable bonds is 5. The van der Waals surface area contributed by atoms with E-state index in [-0.39, 0.29) is 0 Å². The van der Waals surface area contributed by atoms with Crippen LogP contribution in [-0.2, 0) is 6.61 Å². The fourth-order valence-corrected chi connectivity index (χ4v) is 1.97. The topological polar surface area (TPSA) is 41.7 Å². The zero-order chi connectivity index (χ0) is 15.2. The molecule has 0 radical (unpaired) electrons. The quantitative estimate of drug-likeness (QED) is 0.398. The van der Waals surface area contributed by atoms with Crippen LogP contribution in [-0.4, -0.2) is 30.3 Å². The van der Waals surface area contributed by atoms with E-state index in [1.807, 2.05) is 36.4 Å². The summed E-state index contributed by atoms with van der Waals surface area (Å²) in [6.45, 7) is 0.427. The van der Waals surface area contributed by atoms with E-state index in [0.29, 0.717) is 23.1 Å². The zero-order valence-corrected chi connectivity index (χ0v) is 12.7. The maximum Gasteiger partial charge on any atom is 0.222 e. The maximum absolute atomic E-state index is 9.21. The number of hydrogen-bond donors (Lipinski definition) is 1. The van der Waals surface area contributed by atoms with E-state index in [4.69, 9.17) is 21.1 Å². The second kappa shape index (κ2) is 6.99. The average molecular weight is 307 g/mol. The van der Waals surface area contributed by atoms with Crippen molar-refractivity contribution in [3.63, 3.8) is 0 Å². The van der Waals surface area contributed by atoms with Crippen molar-refractivity contribution in [2.24, 2.45) is 0 Å². The first-order valence-electron chi connectivity index (χ1n) is 6.40. The van der Waals surface area contributed by atoms with Gasteiger partial charge in [0.25, 0.3) is 0 Å². The van der Waals surface area contributed by atoms with Gasteiger partial charge < -0.3 is 9.47 Å². The molecule has 2 aromatic carbocycles. The second-order valence-electron chi connectivity index (χ2n) is 4.53. The highest BCUT2D eigenvalue weighted by Gasteiger charge is 2.07. The van der Waals surface area contributed by atoms with E-state index >= 15 is 0 Å². The number of ether oxygens (including phenoxy) is 2. The summed E-state index contributed by atoms with van der Waals surface area (Å²) in [5, 5.41) is 9.91. The van der Waals surface area contributed by atoms with Crippen LogP contribution < -0.4 is 9.47 Å². The normalized spacial score (nSPS) is 11.3. The van der Waals surface area contributed by atoms with Crippen molar-refractivity contribution in [3.05, 3.63) is 58.6 Å². The smallest absolute Gasteiger partial charge is 0.222 e. The maximum atomic E-state index is 9.21. The molecular formula is C16H17ClNO3+. The van der Waals surface area contributed by atoms with Crippen LogP contribution in [0, 0.1) is 0 Å². The van der Waals surface area contributed by atoms with Crippen molar-refractivity contribution in [2.45, 2.75) is 6.61 Å². The third-order valence-electron chi connectivity index (χ3n) is 2.83. The number of benzene rings is 2. The summed E-state index contributed by atoms with van der Waals surface area (Å²) in [5.74, 6) is 1.25. The van der Waals surface area contributed by atoms with Crippen molar-refractivity contribution in [1.29, 1.82) is 0 Å². The third kappa shape index (κ3) is 4.39. The molecule has 110 valence electrons. The first kappa shape index (κ1) is 15.2. The molecule has 0 unspecified atom stereocenters. The highest BCUT2D eigenvalue weighted by molar-refractivity contribution is 6.30. The Kier molecular flexibility index (Phi) is 5.06. The van der Waals surface area contributed by atoms with Crippen LogP contribution >= 0.6 is 11.6 Å². The van der Waals surface area contributed by atoms with Crippen molar-refractivity contribution in [3.8, 4) is 11.5 Å². The van der Waals surface area contributed by atoms with Gasteiger partial charge in [0.1, 0.15) is 6.61 Å². The average Bonchev–Trinajstić information content (AvgIpc) is 2.47. The second-order valence-corrected chi connectivity index (χ2v) is 4.96. The Labute approximate surface area is 128 Å². The standard InChI is InChI=1S/C16H17ClNO3/c1-18(19)10-13-5-8-15(16(9-13)20-2)21-11-12-3-6-14(17)7-4-12/h3-10,19H,11H2,1-2H3/q+1. The summed E-state index contributed by atoms with van der Waals surface area (Å²) in [6, 6.07) is 12.9. The Morgan fingerprint density at radius 2 is 1.86 bits per heavy atom. The molecule has 5 heteroatoms. The molecule has 0 heterocycles. The van der Waals surface area contributed by atoms with E-state index in [2.05, 4.69) is 0 Å². The molecule has 21 heavy (non-hydrogen) atoms. The molecule has 0 aromatic heterocycles. The van der Waals surface area contributed by atoms with Gasteiger partial charge in [0.05, 0.1) is 7.11 Å². The van der Waals surface area contributed by atoms with Gasteiger partial charge in [0.2, 0.25) is 6.21 Å². The lowest BCUT2D eigenvalue weighted by Gasteiger charge is -2.11. The van der Waals surface area contributed by atoms with E-state index < -0.39 is 0 Å². The van der Waals surface area contributed by atoms with Crippen LogP contribution in [0.5, 0.6) is 11.5 Å². The molecule has 0 amide bonds. The Morgan fingerprint density at radius 3 is 2.48 bits per heavy atom. The lowest BCUT2D eigenvalue weighted by molar-refractivity contribution is -0.750. The van der Waals surface area contributed by atoms with Crippen LogP contribution in [0.25, 0.3) is 0 Å². The largest absolute Gasteiger partial charge is 0.493 e. The molecule has 4 nitrogen and oxygen atoms in total. The molecule has 0 aliphatic heterocycles. The molecule has 0 atom stereocenters.